The molecule has 7 heteroatoms. The number of anilines is 3. The molecule has 0 bridgehead atoms. The predicted octanol–water partition coefficient (Wildman–Crippen LogP) is 2.76. The molecule has 1 aromatic carbocycles. The number of aryl methyl sites for hydroxylation is 1. The average Bonchev–Trinajstić information content (AvgIpc) is 2.56. The molecule has 0 spiro atoms. The van der Waals surface area contributed by atoms with Crippen molar-refractivity contribution in [3.63, 3.8) is 0 Å². The first-order chi connectivity index (χ1) is 8.36. The van der Waals surface area contributed by atoms with Gasteiger partial charge in [0.25, 0.3) is 0 Å². The molecule has 0 amide bonds. The number of hydrogen-bond acceptors (Lipinski definition) is 3. The van der Waals surface area contributed by atoms with Crippen LogP contribution in [0.15, 0.2) is 30.5 Å². The van der Waals surface area contributed by atoms with Crippen LogP contribution in [0.3, 0.4) is 0 Å². The molecular formula is C11H11F3N4. The largest absolute Gasteiger partial charge is 0.416 e. The summed E-state index contributed by atoms with van der Waals surface area (Å²) >= 11 is 0. The van der Waals surface area contributed by atoms with E-state index < -0.39 is 11.7 Å². The third-order valence-corrected chi connectivity index (χ3v) is 2.31. The Morgan fingerprint density at radius 3 is 2.61 bits per heavy atom. The zero-order chi connectivity index (χ0) is 13.3. The van der Waals surface area contributed by atoms with Gasteiger partial charge in [-0.05, 0) is 18.2 Å². The van der Waals surface area contributed by atoms with E-state index in [4.69, 9.17) is 5.73 Å². The molecule has 1 aromatic heterocycles. The van der Waals surface area contributed by atoms with E-state index in [-0.39, 0.29) is 5.69 Å². The lowest BCUT2D eigenvalue weighted by Crippen LogP contribution is -2.05. The topological polar surface area (TPSA) is 55.9 Å². The molecule has 96 valence electrons. The number of nitrogen functional groups attached to an aromatic ring is 1. The summed E-state index contributed by atoms with van der Waals surface area (Å²) in [7, 11) is 1.67. The number of benzene rings is 1. The Balaban J connectivity index is 2.27. The van der Waals surface area contributed by atoms with Gasteiger partial charge < -0.3 is 11.1 Å². The van der Waals surface area contributed by atoms with E-state index in [1.807, 2.05) is 0 Å². The Hall–Kier alpha value is -2.18. The molecule has 0 saturated heterocycles. The third-order valence-electron chi connectivity index (χ3n) is 2.31. The molecule has 2 aromatic rings. The van der Waals surface area contributed by atoms with Crippen LogP contribution < -0.4 is 11.1 Å². The molecule has 18 heavy (non-hydrogen) atoms. The summed E-state index contributed by atoms with van der Waals surface area (Å²) in [6.07, 6.45) is -2.80. The second-order valence-electron chi connectivity index (χ2n) is 3.81. The van der Waals surface area contributed by atoms with Crippen molar-refractivity contribution in [3.8, 4) is 0 Å². The van der Waals surface area contributed by atoms with Crippen molar-refractivity contribution in [2.75, 3.05) is 11.1 Å². The molecule has 0 aliphatic carbocycles. The fraction of sp³-hybridized carbons (Fsp3) is 0.182. The Bertz CT molecular complexity index is 560. The van der Waals surface area contributed by atoms with Crippen molar-refractivity contribution in [2.24, 2.45) is 7.05 Å². The van der Waals surface area contributed by atoms with Gasteiger partial charge in [-0.1, -0.05) is 6.07 Å². The summed E-state index contributed by atoms with van der Waals surface area (Å²) in [6, 6.07) is 4.86. The van der Waals surface area contributed by atoms with Crippen molar-refractivity contribution >= 4 is 17.2 Å². The monoisotopic (exact) mass is 256 g/mol. The van der Waals surface area contributed by atoms with Crippen LogP contribution in [-0.2, 0) is 13.2 Å². The number of hydrogen-bond donors (Lipinski definition) is 2. The van der Waals surface area contributed by atoms with Crippen molar-refractivity contribution in [1.82, 2.24) is 9.78 Å². The summed E-state index contributed by atoms with van der Waals surface area (Å²) in [5.41, 5.74) is 5.58. The lowest BCUT2D eigenvalue weighted by Gasteiger charge is -2.09. The van der Waals surface area contributed by atoms with Crippen LogP contribution in [0.2, 0.25) is 0 Å². The molecule has 0 saturated carbocycles. The van der Waals surface area contributed by atoms with Gasteiger partial charge in [-0.25, -0.2) is 0 Å². The van der Waals surface area contributed by atoms with Crippen LogP contribution in [0.4, 0.5) is 30.4 Å². The summed E-state index contributed by atoms with van der Waals surface area (Å²) in [6.45, 7) is 0. The Labute approximate surface area is 101 Å². The highest BCUT2D eigenvalue weighted by atomic mass is 19.4. The first-order valence-electron chi connectivity index (χ1n) is 5.09. The van der Waals surface area contributed by atoms with Gasteiger partial charge >= 0.3 is 6.18 Å². The lowest BCUT2D eigenvalue weighted by molar-refractivity contribution is -0.137. The van der Waals surface area contributed by atoms with E-state index in [2.05, 4.69) is 10.4 Å². The quantitative estimate of drug-likeness (QED) is 0.868. The molecule has 3 N–H and O–H groups in total. The minimum atomic E-state index is -4.37. The standard InChI is InChI=1S/C11H11F3N4/c1-18-6-9(15)10(17-18)16-8-4-2-3-7(5-8)11(12,13)14/h2-6H,15H2,1H3,(H,16,17). The molecule has 0 atom stereocenters. The van der Waals surface area contributed by atoms with Gasteiger partial charge in [0.05, 0.1) is 11.3 Å². The molecule has 0 aliphatic rings. The molecular weight excluding hydrogens is 245 g/mol. The molecule has 4 nitrogen and oxygen atoms in total. The molecule has 1 heterocycles. The molecule has 0 aliphatic heterocycles. The van der Waals surface area contributed by atoms with Crippen molar-refractivity contribution in [1.29, 1.82) is 0 Å². The van der Waals surface area contributed by atoms with Gasteiger partial charge in [-0.3, -0.25) is 4.68 Å². The Morgan fingerprint density at radius 1 is 1.33 bits per heavy atom. The summed E-state index contributed by atoms with van der Waals surface area (Å²) in [5, 5.41) is 6.75. The van der Waals surface area contributed by atoms with Gasteiger partial charge in [0.1, 0.15) is 0 Å². The Kier molecular flexibility index (Phi) is 2.90. The second-order valence-corrected chi connectivity index (χ2v) is 3.81. The van der Waals surface area contributed by atoms with E-state index >= 15 is 0 Å². The zero-order valence-corrected chi connectivity index (χ0v) is 9.49. The first kappa shape index (κ1) is 12.3. The summed E-state index contributed by atoms with van der Waals surface area (Å²) < 4.78 is 39.0. The summed E-state index contributed by atoms with van der Waals surface area (Å²) in [4.78, 5) is 0. The number of nitrogens with two attached hydrogens (primary N) is 1. The fourth-order valence-corrected chi connectivity index (χ4v) is 1.51. The number of alkyl halides is 3. The zero-order valence-electron chi connectivity index (χ0n) is 9.49. The van der Waals surface area contributed by atoms with E-state index in [0.29, 0.717) is 11.5 Å². The minimum absolute atomic E-state index is 0.287. The maximum atomic E-state index is 12.5. The normalized spacial score (nSPS) is 11.6. The van der Waals surface area contributed by atoms with Crippen LogP contribution in [-0.4, -0.2) is 9.78 Å². The van der Waals surface area contributed by atoms with Gasteiger partial charge in [0, 0.05) is 18.9 Å². The van der Waals surface area contributed by atoms with Crippen LogP contribution in [0, 0.1) is 0 Å². The molecule has 0 unspecified atom stereocenters. The predicted molar refractivity (Wildman–Crippen MR) is 62.3 cm³/mol. The van der Waals surface area contributed by atoms with E-state index in [9.17, 15) is 13.2 Å². The van der Waals surface area contributed by atoms with Crippen molar-refractivity contribution < 1.29 is 13.2 Å². The van der Waals surface area contributed by atoms with Crippen LogP contribution in [0.5, 0.6) is 0 Å². The molecule has 0 radical (unpaired) electrons. The minimum Gasteiger partial charge on any atom is -0.394 e. The van der Waals surface area contributed by atoms with Gasteiger partial charge in [-0.2, -0.15) is 18.3 Å². The average molecular weight is 256 g/mol. The molecule has 2 rings (SSSR count). The first-order valence-corrected chi connectivity index (χ1v) is 5.09. The summed E-state index contributed by atoms with van der Waals surface area (Å²) in [5.74, 6) is 0.330. The van der Waals surface area contributed by atoms with Crippen molar-refractivity contribution in [3.05, 3.63) is 36.0 Å². The van der Waals surface area contributed by atoms with Crippen LogP contribution in [0.1, 0.15) is 5.56 Å². The number of aromatic nitrogens is 2. The van der Waals surface area contributed by atoms with Gasteiger partial charge in [0.2, 0.25) is 0 Å². The van der Waals surface area contributed by atoms with Gasteiger partial charge in [-0.15, -0.1) is 0 Å². The number of nitrogens with one attached hydrogen (secondary N) is 1. The van der Waals surface area contributed by atoms with E-state index in [1.54, 1.807) is 13.2 Å². The van der Waals surface area contributed by atoms with E-state index in [0.717, 1.165) is 12.1 Å². The number of rotatable bonds is 2. The van der Waals surface area contributed by atoms with Gasteiger partial charge in [0.15, 0.2) is 5.82 Å². The highest BCUT2D eigenvalue weighted by molar-refractivity contribution is 5.68. The SMILES string of the molecule is Cn1cc(N)c(Nc2cccc(C(F)(F)F)c2)n1. The van der Waals surface area contributed by atoms with Crippen LogP contribution >= 0.6 is 0 Å². The smallest absolute Gasteiger partial charge is 0.394 e. The Morgan fingerprint density at radius 2 is 2.06 bits per heavy atom. The second kappa shape index (κ2) is 4.25. The van der Waals surface area contributed by atoms with Crippen molar-refractivity contribution in [2.45, 2.75) is 6.18 Å². The maximum Gasteiger partial charge on any atom is 0.416 e. The maximum absolute atomic E-state index is 12.5. The highest BCUT2D eigenvalue weighted by Gasteiger charge is 2.30. The van der Waals surface area contributed by atoms with Crippen LogP contribution in [0.25, 0.3) is 0 Å². The fourth-order valence-electron chi connectivity index (χ4n) is 1.51. The lowest BCUT2D eigenvalue weighted by atomic mass is 10.2. The third kappa shape index (κ3) is 2.55. The number of halogens is 3. The highest BCUT2D eigenvalue weighted by Crippen LogP contribution is 2.31. The van der Waals surface area contributed by atoms with E-state index in [1.165, 1.54) is 16.8 Å². The molecule has 0 fully saturated rings. The number of nitrogens with zero attached hydrogens (tertiary/aromatic N) is 2.